The van der Waals surface area contributed by atoms with E-state index in [2.05, 4.69) is 31.9 Å². The van der Waals surface area contributed by atoms with Crippen LogP contribution >= 0.6 is 31.9 Å². The molecule has 0 unspecified atom stereocenters. The summed E-state index contributed by atoms with van der Waals surface area (Å²) in [6, 6.07) is 7.83. The fraction of sp³-hybridized carbons (Fsp3) is 0.167. The second kappa shape index (κ2) is 5.14. The predicted octanol–water partition coefficient (Wildman–Crippen LogP) is 3.78. The summed E-state index contributed by atoms with van der Waals surface area (Å²) in [5, 5.41) is 9.58. The Bertz CT molecular complexity index is 537. The first-order chi connectivity index (χ1) is 8.11. The van der Waals surface area contributed by atoms with E-state index in [4.69, 9.17) is 4.74 Å². The van der Waals surface area contributed by atoms with Crippen LogP contribution in [0.15, 0.2) is 39.5 Å². The lowest BCUT2D eigenvalue weighted by Gasteiger charge is -2.07. The maximum absolute atomic E-state index is 9.58. The van der Waals surface area contributed by atoms with Crippen LogP contribution in [0.3, 0.4) is 0 Å². The molecule has 0 spiro atoms. The quantitative estimate of drug-likeness (QED) is 0.903. The third-order valence-electron chi connectivity index (χ3n) is 2.42. The average molecular weight is 361 g/mol. The molecule has 1 aromatic heterocycles. The van der Waals surface area contributed by atoms with Gasteiger partial charge in [-0.25, -0.2) is 0 Å². The van der Waals surface area contributed by atoms with Crippen molar-refractivity contribution in [1.82, 2.24) is 4.57 Å². The van der Waals surface area contributed by atoms with E-state index in [0.29, 0.717) is 11.0 Å². The van der Waals surface area contributed by atoms with Crippen molar-refractivity contribution in [2.75, 3.05) is 7.11 Å². The van der Waals surface area contributed by atoms with Gasteiger partial charge in [-0.2, -0.15) is 0 Å². The molecule has 0 saturated heterocycles. The Morgan fingerprint density at radius 2 is 2.12 bits per heavy atom. The van der Waals surface area contributed by atoms with Crippen LogP contribution in [0.4, 0.5) is 0 Å². The van der Waals surface area contributed by atoms with Gasteiger partial charge in [0.05, 0.1) is 11.6 Å². The SMILES string of the molecule is COc1cccc(Cn2cc(O)c(Br)c2Br)c1. The number of halogens is 2. The van der Waals surface area contributed by atoms with Crippen LogP contribution in [0.2, 0.25) is 0 Å². The number of methoxy groups -OCH3 is 1. The zero-order valence-corrected chi connectivity index (χ0v) is 12.3. The predicted molar refractivity (Wildman–Crippen MR) is 73.6 cm³/mol. The Morgan fingerprint density at radius 1 is 1.35 bits per heavy atom. The molecule has 90 valence electrons. The molecule has 0 fully saturated rings. The number of benzene rings is 1. The molecule has 0 atom stereocenters. The number of nitrogens with zero attached hydrogens (tertiary/aromatic N) is 1. The molecule has 17 heavy (non-hydrogen) atoms. The van der Waals surface area contributed by atoms with Gasteiger partial charge in [-0.1, -0.05) is 12.1 Å². The highest BCUT2D eigenvalue weighted by molar-refractivity contribution is 9.13. The number of ether oxygens (including phenoxy) is 1. The minimum atomic E-state index is 0.222. The summed E-state index contributed by atoms with van der Waals surface area (Å²) in [4.78, 5) is 0. The smallest absolute Gasteiger partial charge is 0.148 e. The monoisotopic (exact) mass is 359 g/mol. The van der Waals surface area contributed by atoms with Gasteiger partial charge in [0.2, 0.25) is 0 Å². The van der Waals surface area contributed by atoms with E-state index < -0.39 is 0 Å². The van der Waals surface area contributed by atoms with E-state index in [1.807, 2.05) is 28.8 Å². The number of rotatable bonds is 3. The summed E-state index contributed by atoms with van der Waals surface area (Å²) >= 11 is 6.72. The summed E-state index contributed by atoms with van der Waals surface area (Å²) in [6.07, 6.45) is 1.67. The molecule has 0 radical (unpaired) electrons. The highest BCUT2D eigenvalue weighted by Crippen LogP contribution is 2.34. The molecule has 5 heteroatoms. The summed E-state index contributed by atoms with van der Waals surface area (Å²) in [5.41, 5.74) is 1.10. The third kappa shape index (κ3) is 2.66. The van der Waals surface area contributed by atoms with Gasteiger partial charge >= 0.3 is 0 Å². The Kier molecular flexibility index (Phi) is 3.79. The van der Waals surface area contributed by atoms with Crippen molar-refractivity contribution in [1.29, 1.82) is 0 Å². The third-order valence-corrected chi connectivity index (χ3v) is 4.59. The molecule has 1 aromatic carbocycles. The van der Waals surface area contributed by atoms with E-state index in [9.17, 15) is 5.11 Å². The van der Waals surface area contributed by atoms with Gasteiger partial charge in [-0.3, -0.25) is 0 Å². The van der Waals surface area contributed by atoms with Crippen molar-refractivity contribution in [3.05, 3.63) is 45.1 Å². The van der Waals surface area contributed by atoms with Crippen molar-refractivity contribution < 1.29 is 9.84 Å². The zero-order chi connectivity index (χ0) is 12.4. The molecule has 1 N–H and O–H groups in total. The number of aromatic nitrogens is 1. The molecule has 0 aliphatic rings. The first-order valence-corrected chi connectivity index (χ1v) is 6.56. The number of hydrogen-bond donors (Lipinski definition) is 1. The lowest BCUT2D eigenvalue weighted by molar-refractivity contribution is 0.414. The fourth-order valence-corrected chi connectivity index (χ4v) is 2.34. The minimum Gasteiger partial charge on any atom is -0.505 e. The number of aromatic hydroxyl groups is 1. The van der Waals surface area contributed by atoms with Crippen LogP contribution in [0.1, 0.15) is 5.56 Å². The first-order valence-electron chi connectivity index (χ1n) is 4.98. The maximum atomic E-state index is 9.58. The van der Waals surface area contributed by atoms with Crippen molar-refractivity contribution >= 4 is 31.9 Å². The van der Waals surface area contributed by atoms with Gasteiger partial charge in [0, 0.05) is 12.7 Å². The van der Waals surface area contributed by atoms with E-state index >= 15 is 0 Å². The van der Waals surface area contributed by atoms with Crippen LogP contribution in [0.25, 0.3) is 0 Å². The van der Waals surface area contributed by atoms with Crippen molar-refractivity contribution in [2.45, 2.75) is 6.54 Å². The van der Waals surface area contributed by atoms with Gasteiger partial charge in [0.15, 0.2) is 0 Å². The summed E-state index contributed by atoms with van der Waals surface area (Å²) < 4.78 is 8.57. The van der Waals surface area contributed by atoms with Gasteiger partial charge < -0.3 is 14.4 Å². The molecular weight excluding hydrogens is 350 g/mol. The zero-order valence-electron chi connectivity index (χ0n) is 9.15. The van der Waals surface area contributed by atoms with E-state index in [1.54, 1.807) is 13.3 Å². The van der Waals surface area contributed by atoms with Gasteiger partial charge in [-0.05, 0) is 49.6 Å². The van der Waals surface area contributed by atoms with Crippen molar-refractivity contribution in [3.8, 4) is 11.5 Å². The molecule has 0 aliphatic heterocycles. The van der Waals surface area contributed by atoms with Crippen LogP contribution in [0.5, 0.6) is 11.5 Å². The Hall–Kier alpha value is -0.940. The summed E-state index contributed by atoms with van der Waals surface area (Å²) in [5.74, 6) is 1.05. The van der Waals surface area contributed by atoms with Gasteiger partial charge in [0.1, 0.15) is 16.1 Å². The molecule has 0 saturated carbocycles. The summed E-state index contributed by atoms with van der Waals surface area (Å²) in [6.45, 7) is 0.664. The first kappa shape index (κ1) is 12.5. The Morgan fingerprint density at radius 3 is 2.71 bits per heavy atom. The standard InChI is InChI=1S/C12H11Br2NO2/c1-17-9-4-2-3-8(5-9)6-15-7-10(16)11(13)12(15)14/h2-5,7,16H,6H2,1H3. The summed E-state index contributed by atoms with van der Waals surface area (Å²) in [7, 11) is 1.65. The van der Waals surface area contributed by atoms with E-state index in [0.717, 1.165) is 15.9 Å². The lowest BCUT2D eigenvalue weighted by Crippen LogP contribution is -1.98. The molecule has 1 heterocycles. The van der Waals surface area contributed by atoms with Crippen LogP contribution in [0, 0.1) is 0 Å². The highest BCUT2D eigenvalue weighted by atomic mass is 79.9. The Labute approximate surface area is 116 Å². The van der Waals surface area contributed by atoms with Crippen molar-refractivity contribution in [3.63, 3.8) is 0 Å². The fourth-order valence-electron chi connectivity index (χ4n) is 1.58. The number of hydrogen-bond acceptors (Lipinski definition) is 2. The average Bonchev–Trinajstić information content (AvgIpc) is 2.57. The second-order valence-corrected chi connectivity index (χ2v) is 5.14. The van der Waals surface area contributed by atoms with E-state index in [-0.39, 0.29) is 5.75 Å². The molecule has 2 rings (SSSR count). The topological polar surface area (TPSA) is 34.4 Å². The van der Waals surface area contributed by atoms with Gasteiger partial charge in [0.25, 0.3) is 0 Å². The van der Waals surface area contributed by atoms with Crippen LogP contribution in [-0.4, -0.2) is 16.8 Å². The Balaban J connectivity index is 2.28. The van der Waals surface area contributed by atoms with Crippen LogP contribution in [-0.2, 0) is 6.54 Å². The molecule has 0 amide bonds. The minimum absolute atomic E-state index is 0.222. The highest BCUT2D eigenvalue weighted by Gasteiger charge is 2.10. The lowest BCUT2D eigenvalue weighted by atomic mass is 10.2. The molecule has 3 nitrogen and oxygen atoms in total. The largest absolute Gasteiger partial charge is 0.505 e. The van der Waals surface area contributed by atoms with Crippen LogP contribution < -0.4 is 4.74 Å². The molecule has 0 aliphatic carbocycles. The normalized spacial score (nSPS) is 10.5. The molecule has 2 aromatic rings. The van der Waals surface area contributed by atoms with Gasteiger partial charge in [-0.15, -0.1) is 0 Å². The molecular formula is C12H11Br2NO2. The molecule has 0 bridgehead atoms. The van der Waals surface area contributed by atoms with Crippen molar-refractivity contribution in [2.24, 2.45) is 0 Å². The maximum Gasteiger partial charge on any atom is 0.148 e. The van der Waals surface area contributed by atoms with E-state index in [1.165, 1.54) is 0 Å². The second-order valence-electron chi connectivity index (χ2n) is 3.60.